The summed E-state index contributed by atoms with van der Waals surface area (Å²) in [6.07, 6.45) is 15.8. The molecule has 7 aromatic rings. The minimum Gasteiger partial charge on any atom is -0.494 e. The highest BCUT2D eigenvalue weighted by atomic mass is 16.5. The van der Waals surface area contributed by atoms with Gasteiger partial charge in [0.1, 0.15) is 5.75 Å². The number of aromatic nitrogens is 3. The molecule has 11 rings (SSSR count). The summed E-state index contributed by atoms with van der Waals surface area (Å²) in [7, 11) is 1.28. The summed E-state index contributed by atoms with van der Waals surface area (Å²) in [5.41, 5.74) is -0.751. The van der Waals surface area contributed by atoms with Crippen LogP contribution in [0.15, 0.2) is 117 Å². The minimum atomic E-state index is -1.28. The number of benzene rings is 4. The molecule has 2 aliphatic carbocycles. The van der Waals surface area contributed by atoms with Gasteiger partial charge in [0.15, 0.2) is 0 Å². The van der Waals surface area contributed by atoms with Crippen LogP contribution in [0.5, 0.6) is 5.75 Å². The molecule has 0 bridgehead atoms. The third-order valence-corrected chi connectivity index (χ3v) is 17.1. The molecule has 2 saturated heterocycles. The Morgan fingerprint density at radius 2 is 1.02 bits per heavy atom. The Morgan fingerprint density at radius 3 is 1.60 bits per heavy atom. The maximum Gasteiger partial charge on any atom is 0.338 e. The van der Waals surface area contributed by atoms with Crippen LogP contribution in [-0.2, 0) is 46.9 Å². The zero-order chi connectivity index (χ0) is 58.9. The number of hydrogen-bond donors (Lipinski definition) is 0. The lowest BCUT2D eigenvalue weighted by molar-refractivity contribution is -0.146. The van der Waals surface area contributed by atoms with Crippen LogP contribution in [0.4, 0.5) is 11.4 Å². The Morgan fingerprint density at radius 1 is 0.524 bits per heavy atom. The first-order valence-corrected chi connectivity index (χ1v) is 29.1. The van der Waals surface area contributed by atoms with Gasteiger partial charge < -0.3 is 18.9 Å². The van der Waals surface area contributed by atoms with Crippen molar-refractivity contribution in [2.24, 2.45) is 30.7 Å². The van der Waals surface area contributed by atoms with Gasteiger partial charge in [-0.15, -0.1) is 0 Å². The first-order valence-electron chi connectivity index (χ1n) is 29.1. The monoisotopic (exact) mass is 1140 g/mol. The van der Waals surface area contributed by atoms with E-state index in [1.807, 2.05) is 24.3 Å². The van der Waals surface area contributed by atoms with Gasteiger partial charge in [0.2, 0.25) is 23.6 Å². The van der Waals surface area contributed by atoms with Crippen molar-refractivity contribution in [3.05, 3.63) is 167 Å². The maximum absolute atomic E-state index is 14.6. The van der Waals surface area contributed by atoms with Gasteiger partial charge in [-0.1, -0.05) is 38.3 Å². The summed E-state index contributed by atoms with van der Waals surface area (Å²) in [5, 5.41) is -0.528. The smallest absolute Gasteiger partial charge is 0.338 e. The van der Waals surface area contributed by atoms with Crippen molar-refractivity contribution < 1.29 is 47.7 Å². The number of nitrogens with zero attached hydrogens (tertiary/aromatic N) is 5. The summed E-state index contributed by atoms with van der Waals surface area (Å²) in [6, 6.07) is 22.4. The van der Waals surface area contributed by atoms with E-state index < -0.39 is 81.5 Å². The van der Waals surface area contributed by atoms with E-state index in [0.29, 0.717) is 53.8 Å². The quantitative estimate of drug-likeness (QED) is 0.0336. The molecule has 2 saturated carbocycles. The van der Waals surface area contributed by atoms with Crippen LogP contribution in [-0.4, -0.2) is 82.2 Å². The van der Waals surface area contributed by atoms with Gasteiger partial charge in [0, 0.05) is 26.0 Å². The molecule has 19 nitrogen and oxygen atoms in total. The molecular weight excluding hydrogens is 1070 g/mol. The molecule has 3 aromatic heterocycles. The first kappa shape index (κ1) is 57.1. The number of unbranched alkanes of at least 4 members (excludes halogenated alkanes) is 5. The number of rotatable bonds is 23. The van der Waals surface area contributed by atoms with Crippen molar-refractivity contribution >= 4 is 68.5 Å². The second-order valence-electron chi connectivity index (χ2n) is 22.6. The normalized spacial score (nSPS) is 20.2. The van der Waals surface area contributed by atoms with Crippen molar-refractivity contribution in [2.45, 2.75) is 109 Å². The topological polar surface area (TPSA) is 237 Å². The number of esters is 2. The lowest BCUT2D eigenvalue weighted by Crippen LogP contribution is -2.50. The molecule has 434 valence electrons. The fourth-order valence-electron chi connectivity index (χ4n) is 12.7. The summed E-state index contributed by atoms with van der Waals surface area (Å²) < 4.78 is 25.0. The molecule has 4 aromatic carbocycles. The molecular formula is C65H65N5O14. The standard InChI is InChI=1S/C65H65N5O14/c1-4-5-6-8-25-81-46-17-13-39(14-18-46)40-15-19-47(20-16-40)82-26-10-11-28-84-65(80)42-32-44(68-58(73)50-35-48-49(36-51(50)59(68)74)57(72)67(3)56(48)71)34-45(33-42)70-62(77)54-52-53(55(54)63(70)78)61(76)69(60(52)75)43-30-37(2)29-41(31-43)64(79)83-27-9-7-12-38-21-23-66-24-22-38/h15-16,19-24,29-36,39,46,52-55H,4-14,17-18,25-28H2,1-3H3. The second kappa shape index (κ2) is 24.2. The lowest BCUT2D eigenvalue weighted by atomic mass is 9.59. The molecule has 0 radical (unpaired) electrons. The molecule has 5 heterocycles. The van der Waals surface area contributed by atoms with Gasteiger partial charge in [-0.25, -0.2) is 24.0 Å². The predicted molar refractivity (Wildman–Crippen MR) is 311 cm³/mol. The van der Waals surface area contributed by atoms with Gasteiger partial charge in [-0.05, 0) is 167 Å². The van der Waals surface area contributed by atoms with E-state index in [1.165, 1.54) is 68.3 Å². The third kappa shape index (κ3) is 10.9. The molecule has 0 spiro atoms. The molecule has 84 heavy (non-hydrogen) atoms. The molecule has 4 fully saturated rings. The van der Waals surface area contributed by atoms with Crippen molar-refractivity contribution in [1.29, 1.82) is 0 Å². The molecule has 19 heteroatoms. The maximum atomic E-state index is 14.6. The van der Waals surface area contributed by atoms with Crippen molar-refractivity contribution in [2.75, 3.05) is 36.2 Å². The Hall–Kier alpha value is -8.71. The number of carbonyl (C=O) groups is 6. The SMILES string of the molecule is CCCCCCOC1CCC(c2ccc(OCCCCOC(=O)c3cc(N4C(=O)C5C6C(=O)N(c7cc(C)cc(C(=O)OCCCCc8ccncc8)c7)C(=O)C6C5C4=O)cc(-n4c(=O)c5cc6c(=O)n(C)c(=O)c6cc5c4=O)c3)cc2)CC1. The second-order valence-corrected chi connectivity index (χ2v) is 22.6. The number of amides is 4. The number of fused-ring (bicyclic) bond motifs is 6. The van der Waals surface area contributed by atoms with Crippen LogP contribution < -0.4 is 36.8 Å². The van der Waals surface area contributed by atoms with Gasteiger partial charge in [-0.2, -0.15) is 0 Å². The van der Waals surface area contributed by atoms with Gasteiger partial charge in [0.05, 0.1) is 99.3 Å². The fraction of sp³-hybridized carbons (Fsp3) is 0.400. The highest BCUT2D eigenvalue weighted by Gasteiger charge is 2.73. The third-order valence-electron chi connectivity index (χ3n) is 17.1. The van der Waals surface area contributed by atoms with Crippen LogP contribution in [0.3, 0.4) is 0 Å². The van der Waals surface area contributed by atoms with Gasteiger partial charge >= 0.3 is 11.9 Å². The Balaban J connectivity index is 0.773. The van der Waals surface area contributed by atoms with E-state index in [0.717, 1.165) is 71.5 Å². The van der Waals surface area contributed by atoms with E-state index in [4.69, 9.17) is 18.9 Å². The Bertz CT molecular complexity index is 3830. The fourth-order valence-corrected chi connectivity index (χ4v) is 12.7. The van der Waals surface area contributed by atoms with Gasteiger partial charge in [0.25, 0.3) is 22.2 Å². The van der Waals surface area contributed by atoms with E-state index in [9.17, 15) is 47.9 Å². The number of carbonyl (C=O) groups excluding carboxylic acids is 6. The molecule has 4 unspecified atom stereocenters. The molecule has 4 amide bonds. The number of aryl methyl sites for hydroxylation is 2. The van der Waals surface area contributed by atoms with Crippen LogP contribution in [0.25, 0.3) is 27.2 Å². The minimum absolute atomic E-state index is 0.0745. The summed E-state index contributed by atoms with van der Waals surface area (Å²) in [4.78, 5) is 145. The number of hydrogen-bond acceptors (Lipinski definition) is 15. The zero-order valence-corrected chi connectivity index (χ0v) is 47.2. The van der Waals surface area contributed by atoms with E-state index in [-0.39, 0.29) is 62.9 Å². The number of pyridine rings is 1. The predicted octanol–water partition coefficient (Wildman–Crippen LogP) is 7.89. The highest BCUT2D eigenvalue weighted by Crippen LogP contribution is 2.58. The zero-order valence-electron chi connectivity index (χ0n) is 47.2. The largest absolute Gasteiger partial charge is 0.494 e. The van der Waals surface area contributed by atoms with Crippen LogP contribution in [0.2, 0.25) is 0 Å². The number of imide groups is 2. The van der Waals surface area contributed by atoms with E-state index in [2.05, 4.69) is 24.0 Å². The summed E-state index contributed by atoms with van der Waals surface area (Å²) in [6.45, 7) is 5.12. The first-order chi connectivity index (χ1) is 40.6. The van der Waals surface area contributed by atoms with Crippen molar-refractivity contribution in [1.82, 2.24) is 14.1 Å². The molecule has 4 atom stereocenters. The molecule has 4 aliphatic rings. The molecule has 2 aliphatic heterocycles. The van der Waals surface area contributed by atoms with Crippen molar-refractivity contribution in [3.63, 3.8) is 0 Å². The number of ether oxygens (including phenoxy) is 4. The average Bonchev–Trinajstić information content (AvgIpc) is 2.01. The Labute approximate surface area is 482 Å². The van der Waals surface area contributed by atoms with Crippen LogP contribution in [0, 0.1) is 30.6 Å². The van der Waals surface area contributed by atoms with Gasteiger partial charge in [-0.3, -0.25) is 47.9 Å². The number of anilines is 2. The van der Waals surface area contributed by atoms with Crippen molar-refractivity contribution in [3.8, 4) is 11.4 Å². The summed E-state index contributed by atoms with van der Waals surface area (Å²) >= 11 is 0. The van der Waals surface area contributed by atoms with E-state index >= 15 is 0 Å². The summed E-state index contributed by atoms with van der Waals surface area (Å²) in [5.74, 6) is -8.60. The Kier molecular flexibility index (Phi) is 16.5. The van der Waals surface area contributed by atoms with E-state index in [1.54, 1.807) is 31.5 Å². The van der Waals surface area contributed by atoms with Crippen LogP contribution in [0.1, 0.15) is 127 Å². The van der Waals surface area contributed by atoms with Crippen LogP contribution >= 0.6 is 0 Å². The lowest BCUT2D eigenvalue weighted by Gasteiger charge is -2.36. The highest BCUT2D eigenvalue weighted by molar-refractivity contribution is 6.32. The average molecular weight is 1140 g/mol. The molecule has 0 N–H and O–H groups in total.